The minimum atomic E-state index is -3.75. The second kappa shape index (κ2) is 12.5. The van der Waals surface area contributed by atoms with Crippen molar-refractivity contribution < 1.29 is 18.0 Å². The summed E-state index contributed by atoms with van der Waals surface area (Å²) in [6.45, 7) is 2.22. The molecule has 13 nitrogen and oxygen atoms in total. The van der Waals surface area contributed by atoms with Crippen molar-refractivity contribution in [3.8, 4) is 0 Å². The molecule has 3 aromatic rings. The molecule has 45 heavy (non-hydrogen) atoms. The Hall–Kier alpha value is -3.92. The van der Waals surface area contributed by atoms with E-state index in [1.54, 1.807) is 34.9 Å². The largest absolute Gasteiger partial charge is 0.382 e. The smallest absolute Gasteiger partial charge is 0.302 e. The van der Waals surface area contributed by atoms with Gasteiger partial charge in [-0.05, 0) is 49.6 Å². The molecule has 1 aromatic heterocycles. The van der Waals surface area contributed by atoms with E-state index in [2.05, 4.69) is 25.6 Å². The average Bonchev–Trinajstić information content (AvgIpc) is 3.67. The molecule has 1 atom stereocenters. The van der Waals surface area contributed by atoms with Gasteiger partial charge >= 0.3 is 5.91 Å². The predicted octanol–water partition coefficient (Wildman–Crippen LogP) is 2.21. The van der Waals surface area contributed by atoms with E-state index in [1.165, 1.54) is 10.4 Å². The Labute approximate surface area is 269 Å². The zero-order chi connectivity index (χ0) is 31.8. The van der Waals surface area contributed by atoms with Crippen molar-refractivity contribution in [2.24, 2.45) is 4.99 Å². The fourth-order valence-corrected chi connectivity index (χ4v) is 8.62. The lowest BCUT2D eigenvalue weighted by atomic mass is 9.88. The molecule has 6 rings (SSSR count). The van der Waals surface area contributed by atoms with Crippen LogP contribution in [-0.4, -0.2) is 88.9 Å². The van der Waals surface area contributed by atoms with E-state index >= 15 is 0 Å². The lowest BCUT2D eigenvalue weighted by Crippen LogP contribution is -2.53. The molecule has 0 saturated carbocycles. The highest BCUT2D eigenvalue weighted by Gasteiger charge is 2.41. The van der Waals surface area contributed by atoms with Crippen LogP contribution in [0.25, 0.3) is 0 Å². The van der Waals surface area contributed by atoms with Gasteiger partial charge in [0, 0.05) is 48.4 Å². The van der Waals surface area contributed by atoms with Gasteiger partial charge in [-0.3, -0.25) is 9.59 Å². The number of sulfonamides is 1. The number of piperidine rings is 1. The number of carbonyl (C=O) groups is 2. The number of aromatic nitrogens is 2. The Bertz CT molecular complexity index is 1770. The number of halogens is 1. The monoisotopic (exact) mass is 669 g/mol. The van der Waals surface area contributed by atoms with Gasteiger partial charge in [0.05, 0.1) is 10.4 Å². The number of likely N-dealkylation sites (tertiary alicyclic amines) is 1. The number of guanidine groups is 1. The first-order valence-corrected chi connectivity index (χ1v) is 17.1. The minimum absolute atomic E-state index is 0.0810. The van der Waals surface area contributed by atoms with Crippen molar-refractivity contribution in [1.29, 1.82) is 0 Å². The van der Waals surface area contributed by atoms with Gasteiger partial charge in [-0.25, -0.2) is 18.4 Å². The molecule has 236 valence electrons. The third-order valence-electron chi connectivity index (χ3n) is 8.18. The summed E-state index contributed by atoms with van der Waals surface area (Å²) in [5.74, 6) is -0.948. The summed E-state index contributed by atoms with van der Waals surface area (Å²) < 4.78 is 28.5. The molecule has 3 aliphatic rings. The maximum absolute atomic E-state index is 13.5. The first-order valence-electron chi connectivity index (χ1n) is 14.4. The zero-order valence-corrected chi connectivity index (χ0v) is 26.5. The van der Waals surface area contributed by atoms with Gasteiger partial charge < -0.3 is 27.0 Å². The number of hydrogen-bond acceptors (Lipinski definition) is 9. The molecule has 3 saturated heterocycles. The molecule has 2 amide bonds. The number of nitrogens with one attached hydrogen (secondary N) is 2. The third-order valence-corrected chi connectivity index (χ3v) is 11.6. The molecule has 2 aromatic carbocycles. The highest BCUT2D eigenvalue weighted by atomic mass is 35.5. The number of hydrogen-bond donors (Lipinski definition) is 4. The Morgan fingerprint density at radius 1 is 1.02 bits per heavy atom. The highest BCUT2D eigenvalue weighted by Crippen LogP contribution is 2.33. The molecular formula is C29H32ClN9O4S2. The van der Waals surface area contributed by atoms with Crippen molar-refractivity contribution in [2.75, 3.05) is 44.2 Å². The first-order chi connectivity index (χ1) is 21.5. The normalized spacial score (nSPS) is 20.7. The van der Waals surface area contributed by atoms with Crippen molar-refractivity contribution in [3.05, 3.63) is 71.0 Å². The van der Waals surface area contributed by atoms with Gasteiger partial charge in [-0.2, -0.15) is 9.30 Å². The van der Waals surface area contributed by atoms with Gasteiger partial charge in [-0.1, -0.05) is 35.9 Å². The lowest BCUT2D eigenvalue weighted by Gasteiger charge is -2.38. The maximum Gasteiger partial charge on any atom is 0.302 e. The van der Waals surface area contributed by atoms with Crippen molar-refractivity contribution in [2.45, 2.75) is 39.8 Å². The number of nitrogens with two attached hydrogens (primary N) is 2. The number of rotatable bonds is 6. The Kier molecular flexibility index (Phi) is 8.61. The highest BCUT2D eigenvalue weighted by molar-refractivity contribution is 8.00. The van der Waals surface area contributed by atoms with Gasteiger partial charge in [0.1, 0.15) is 0 Å². The van der Waals surface area contributed by atoms with E-state index < -0.39 is 21.5 Å². The summed E-state index contributed by atoms with van der Waals surface area (Å²) in [6, 6.07) is 16.2. The molecule has 0 bridgehead atoms. The Balaban J connectivity index is 1.06. The molecule has 3 aliphatic heterocycles. The zero-order valence-electron chi connectivity index (χ0n) is 24.1. The van der Waals surface area contributed by atoms with Crippen molar-refractivity contribution in [3.63, 3.8) is 0 Å². The molecule has 0 radical (unpaired) electrons. The van der Waals surface area contributed by atoms with Crippen LogP contribution in [0.5, 0.6) is 0 Å². The van der Waals surface area contributed by atoms with Crippen molar-refractivity contribution >= 4 is 62.8 Å². The van der Waals surface area contributed by atoms with E-state index in [-0.39, 0.29) is 44.5 Å². The number of anilines is 2. The second-order valence-corrected chi connectivity index (χ2v) is 14.9. The van der Waals surface area contributed by atoms with Gasteiger partial charge in [0.2, 0.25) is 10.0 Å². The fraction of sp³-hybridized carbons (Fsp3) is 0.345. The van der Waals surface area contributed by atoms with E-state index in [1.807, 2.05) is 30.3 Å². The molecule has 1 spiro atoms. The van der Waals surface area contributed by atoms with Crippen LogP contribution >= 0.6 is 23.4 Å². The number of benzene rings is 2. The summed E-state index contributed by atoms with van der Waals surface area (Å²) >= 11 is 7.57. The number of carbonyl (C=O) groups excluding carboxylic acids is 2. The molecule has 4 heterocycles. The van der Waals surface area contributed by atoms with E-state index in [0.717, 1.165) is 11.3 Å². The van der Waals surface area contributed by atoms with E-state index in [4.69, 9.17) is 23.1 Å². The molecule has 6 N–H and O–H groups in total. The number of thioether (sulfide) groups is 1. The fourth-order valence-electron chi connectivity index (χ4n) is 5.68. The molecule has 16 heteroatoms. The van der Waals surface area contributed by atoms with Crippen LogP contribution in [0.1, 0.15) is 40.1 Å². The minimum Gasteiger partial charge on any atom is -0.382 e. The Morgan fingerprint density at radius 3 is 2.53 bits per heavy atom. The lowest BCUT2D eigenvalue weighted by molar-refractivity contribution is 0.0668. The quantitative estimate of drug-likeness (QED) is 0.301. The molecule has 3 fully saturated rings. The van der Waals surface area contributed by atoms with Crippen LogP contribution in [0.2, 0.25) is 5.15 Å². The summed E-state index contributed by atoms with van der Waals surface area (Å²) in [7, 11) is -3.75. The van der Waals surface area contributed by atoms with Gasteiger partial charge in [-0.15, -0.1) is 11.8 Å². The summed E-state index contributed by atoms with van der Waals surface area (Å²) in [6.07, 6.45) is 1.93. The SMILES string of the molecule is Nc1nc(N)c(C(=O)/N=C2\NCC3(CCN(C(=O)c4cccc(S(=O)(=O)N5CCC(Sc6ccccc6)C5)c4)CC3)N2)nc1Cl. The number of nitrogens with zero attached hydrogens (tertiary/aromatic N) is 5. The molecule has 0 aliphatic carbocycles. The number of amides is 2. The summed E-state index contributed by atoms with van der Waals surface area (Å²) in [5, 5.41) is 6.40. The number of nitrogen functional groups attached to an aromatic ring is 2. The molecule has 1 unspecified atom stereocenters. The topological polar surface area (TPSA) is 189 Å². The second-order valence-electron chi connectivity index (χ2n) is 11.2. The van der Waals surface area contributed by atoms with Crippen LogP contribution in [-0.2, 0) is 10.0 Å². The van der Waals surface area contributed by atoms with Crippen LogP contribution < -0.4 is 22.1 Å². The predicted molar refractivity (Wildman–Crippen MR) is 173 cm³/mol. The third kappa shape index (κ3) is 6.57. The van der Waals surface area contributed by atoms with Crippen LogP contribution in [0.4, 0.5) is 11.6 Å². The van der Waals surface area contributed by atoms with E-state index in [0.29, 0.717) is 51.1 Å². The van der Waals surface area contributed by atoms with Crippen LogP contribution in [0.3, 0.4) is 0 Å². The summed E-state index contributed by atoms with van der Waals surface area (Å²) in [4.78, 5) is 40.9. The van der Waals surface area contributed by atoms with Crippen LogP contribution in [0, 0.1) is 0 Å². The van der Waals surface area contributed by atoms with Gasteiger partial charge in [0.15, 0.2) is 28.4 Å². The van der Waals surface area contributed by atoms with Gasteiger partial charge in [0.25, 0.3) is 5.91 Å². The summed E-state index contributed by atoms with van der Waals surface area (Å²) in [5.41, 5.74) is 11.1. The Morgan fingerprint density at radius 2 is 1.78 bits per heavy atom. The molecular weight excluding hydrogens is 638 g/mol. The number of aliphatic imine (C=N–C) groups is 1. The van der Waals surface area contributed by atoms with Crippen LogP contribution in [0.15, 0.2) is 69.4 Å². The maximum atomic E-state index is 13.5. The standard InChI is InChI=1S/C29H32ClN9O4S2/c30-23-25(32)35-24(31)22(34-23)26(40)36-28-33-17-29(37-28)10-13-38(14-11-29)27(41)18-5-4-8-21(15-18)45(42,43)39-12-9-20(16-39)44-19-6-2-1-3-7-19/h1-8,15,20H,9-14,16-17H2,(H4,31,32,35)(H2,33,36,37,40). The van der Waals surface area contributed by atoms with E-state index in [9.17, 15) is 18.0 Å². The first kappa shape index (κ1) is 31.1. The average molecular weight is 670 g/mol. The van der Waals surface area contributed by atoms with Crippen molar-refractivity contribution in [1.82, 2.24) is 29.8 Å².